The largest absolute Gasteiger partial charge is 0.321 e. The maximum atomic E-state index is 12.1. The van der Waals surface area contributed by atoms with Crippen LogP contribution in [0.1, 0.15) is 50.2 Å². The summed E-state index contributed by atoms with van der Waals surface area (Å²) in [5, 5.41) is 1.07. The zero-order chi connectivity index (χ0) is 14.4. The molecule has 0 spiro atoms. The van der Waals surface area contributed by atoms with Crippen molar-refractivity contribution in [2.75, 3.05) is 0 Å². The van der Waals surface area contributed by atoms with Crippen molar-refractivity contribution in [2.45, 2.75) is 46.0 Å². The highest BCUT2D eigenvalue weighted by Gasteiger charge is 2.05. The average Bonchev–Trinajstić information content (AvgIpc) is 2.45. The summed E-state index contributed by atoms with van der Waals surface area (Å²) in [6.07, 6.45) is 5.70. The molecule has 2 nitrogen and oxygen atoms in total. The van der Waals surface area contributed by atoms with Crippen molar-refractivity contribution >= 4 is 10.9 Å². The van der Waals surface area contributed by atoms with E-state index in [-0.39, 0.29) is 5.56 Å². The minimum Gasteiger partial charge on any atom is -0.321 e. The van der Waals surface area contributed by atoms with E-state index in [1.54, 1.807) is 0 Å². The molecular weight excluding hydrogens is 246 g/mol. The number of hydrogen-bond acceptors (Lipinski definition) is 1. The van der Waals surface area contributed by atoms with Gasteiger partial charge >= 0.3 is 0 Å². The molecule has 2 rings (SSSR count). The smallest absolute Gasteiger partial charge is 0.264 e. The molecule has 0 bridgehead atoms. The summed E-state index contributed by atoms with van der Waals surface area (Å²) in [6, 6.07) is 7.85. The van der Waals surface area contributed by atoms with Crippen molar-refractivity contribution in [1.82, 2.24) is 4.98 Å². The third-order valence-corrected chi connectivity index (χ3v) is 3.55. The maximum Gasteiger partial charge on any atom is 0.264 e. The normalized spacial score (nSPS) is 10.3. The molecule has 1 aromatic carbocycles. The Morgan fingerprint density at radius 3 is 2.75 bits per heavy atom. The van der Waals surface area contributed by atoms with Gasteiger partial charge in [0.25, 0.3) is 5.56 Å². The number of aromatic nitrogens is 1. The van der Waals surface area contributed by atoms with Gasteiger partial charge < -0.3 is 4.98 Å². The summed E-state index contributed by atoms with van der Waals surface area (Å²) < 4.78 is 0. The molecule has 0 saturated carbocycles. The number of fused-ring (bicyclic) bond motifs is 1. The molecule has 0 aliphatic carbocycles. The monoisotopic (exact) mass is 267 g/mol. The SMILES string of the molecule is CCCCCCC#Cc1c(C)c2ccccc2[nH]c1=O. The Bertz CT molecular complexity index is 701. The number of unbranched alkanes of at least 4 members (excludes halogenated alkanes) is 4. The van der Waals surface area contributed by atoms with Crippen LogP contribution in [-0.4, -0.2) is 4.98 Å². The molecule has 1 heterocycles. The Hall–Kier alpha value is -2.01. The van der Waals surface area contributed by atoms with Crippen molar-refractivity contribution in [3.05, 3.63) is 45.7 Å². The van der Waals surface area contributed by atoms with Gasteiger partial charge in [-0.3, -0.25) is 4.79 Å². The second-order valence-corrected chi connectivity index (χ2v) is 5.11. The first kappa shape index (κ1) is 14.4. The van der Waals surface area contributed by atoms with Crippen molar-refractivity contribution in [3.63, 3.8) is 0 Å². The summed E-state index contributed by atoms with van der Waals surface area (Å²) in [6.45, 7) is 4.17. The Labute approximate surface area is 120 Å². The topological polar surface area (TPSA) is 32.9 Å². The Morgan fingerprint density at radius 1 is 1.15 bits per heavy atom. The van der Waals surface area contributed by atoms with Crippen LogP contribution < -0.4 is 5.56 Å². The van der Waals surface area contributed by atoms with E-state index in [9.17, 15) is 4.79 Å². The first-order valence-electron chi connectivity index (χ1n) is 7.34. The third-order valence-electron chi connectivity index (χ3n) is 3.55. The van der Waals surface area contributed by atoms with Crippen LogP contribution in [0.5, 0.6) is 0 Å². The van der Waals surface area contributed by atoms with Gasteiger partial charge in [-0.15, -0.1) is 0 Å². The molecule has 0 atom stereocenters. The summed E-state index contributed by atoms with van der Waals surface area (Å²) in [5.41, 5.74) is 2.38. The molecule has 0 unspecified atom stereocenters. The lowest BCUT2D eigenvalue weighted by atomic mass is 10.0. The van der Waals surface area contributed by atoms with Gasteiger partial charge in [-0.2, -0.15) is 0 Å². The number of benzene rings is 1. The highest BCUT2D eigenvalue weighted by atomic mass is 16.1. The molecule has 0 fully saturated rings. The lowest BCUT2D eigenvalue weighted by Gasteiger charge is -2.03. The summed E-state index contributed by atoms with van der Waals surface area (Å²) >= 11 is 0. The van der Waals surface area contributed by atoms with Gasteiger partial charge in [-0.1, -0.05) is 56.2 Å². The van der Waals surface area contributed by atoms with Crippen LogP contribution in [0.2, 0.25) is 0 Å². The van der Waals surface area contributed by atoms with E-state index >= 15 is 0 Å². The lowest BCUT2D eigenvalue weighted by molar-refractivity contribution is 0.679. The zero-order valence-corrected chi connectivity index (χ0v) is 12.3. The number of H-pyrrole nitrogens is 1. The van der Waals surface area contributed by atoms with Crippen LogP contribution >= 0.6 is 0 Å². The average molecular weight is 267 g/mol. The summed E-state index contributed by atoms with van der Waals surface area (Å²) in [5.74, 6) is 6.19. The highest BCUT2D eigenvalue weighted by molar-refractivity contribution is 5.83. The minimum atomic E-state index is -0.0812. The van der Waals surface area contributed by atoms with Crippen LogP contribution in [0.15, 0.2) is 29.1 Å². The summed E-state index contributed by atoms with van der Waals surface area (Å²) in [7, 11) is 0. The van der Waals surface area contributed by atoms with Gasteiger partial charge in [0.2, 0.25) is 0 Å². The molecule has 2 aromatic rings. The van der Waals surface area contributed by atoms with Crippen molar-refractivity contribution in [1.29, 1.82) is 0 Å². The predicted molar refractivity (Wildman–Crippen MR) is 84.9 cm³/mol. The lowest BCUT2D eigenvalue weighted by Crippen LogP contribution is -2.12. The van der Waals surface area contributed by atoms with Crippen molar-refractivity contribution < 1.29 is 0 Å². The van der Waals surface area contributed by atoms with Crippen molar-refractivity contribution in [2.24, 2.45) is 0 Å². The third kappa shape index (κ3) is 3.30. The number of rotatable bonds is 4. The summed E-state index contributed by atoms with van der Waals surface area (Å²) in [4.78, 5) is 15.0. The maximum absolute atomic E-state index is 12.1. The van der Waals surface area contributed by atoms with Gasteiger partial charge in [-0.05, 0) is 25.0 Å². The molecule has 0 aliphatic heterocycles. The van der Waals surface area contributed by atoms with E-state index in [0.29, 0.717) is 5.56 Å². The molecule has 20 heavy (non-hydrogen) atoms. The Balaban J connectivity index is 2.22. The molecule has 1 aromatic heterocycles. The molecule has 2 heteroatoms. The molecule has 104 valence electrons. The van der Waals surface area contributed by atoms with Crippen LogP contribution in [-0.2, 0) is 0 Å². The second kappa shape index (κ2) is 6.96. The van der Waals surface area contributed by atoms with Crippen LogP contribution in [0.3, 0.4) is 0 Å². The minimum absolute atomic E-state index is 0.0812. The molecule has 0 aliphatic rings. The quantitative estimate of drug-likeness (QED) is 0.655. The number of aryl methyl sites for hydroxylation is 1. The zero-order valence-electron chi connectivity index (χ0n) is 12.3. The molecule has 0 amide bonds. The molecule has 1 N–H and O–H groups in total. The second-order valence-electron chi connectivity index (χ2n) is 5.11. The standard InChI is InChI=1S/C18H21NO/c1-3-4-5-6-7-8-12-16-14(2)15-11-9-10-13-17(15)19-18(16)20/h9-11,13H,3-7H2,1-2H3,(H,19,20). The number of hydrogen-bond donors (Lipinski definition) is 1. The van der Waals surface area contributed by atoms with E-state index in [1.807, 2.05) is 31.2 Å². The van der Waals surface area contributed by atoms with E-state index in [1.165, 1.54) is 19.3 Å². The van der Waals surface area contributed by atoms with Crippen LogP contribution in [0.25, 0.3) is 10.9 Å². The predicted octanol–water partition coefficient (Wildman–Crippen LogP) is 4.16. The highest BCUT2D eigenvalue weighted by Crippen LogP contribution is 2.16. The van der Waals surface area contributed by atoms with Crippen LogP contribution in [0, 0.1) is 18.8 Å². The fraction of sp³-hybridized carbons (Fsp3) is 0.389. The number of aromatic amines is 1. The molecular formula is C18H21NO. The molecule has 0 saturated heterocycles. The fourth-order valence-electron chi connectivity index (χ4n) is 2.35. The van der Waals surface area contributed by atoms with Crippen molar-refractivity contribution in [3.8, 4) is 11.8 Å². The van der Waals surface area contributed by atoms with Gasteiger partial charge in [0, 0.05) is 17.3 Å². The van der Waals surface area contributed by atoms with E-state index in [4.69, 9.17) is 0 Å². The number of nitrogens with one attached hydrogen (secondary N) is 1. The van der Waals surface area contributed by atoms with Gasteiger partial charge in [0.05, 0.1) is 5.56 Å². The van der Waals surface area contributed by atoms with Gasteiger partial charge in [-0.25, -0.2) is 0 Å². The number of para-hydroxylation sites is 1. The first-order chi connectivity index (χ1) is 9.74. The van der Waals surface area contributed by atoms with Gasteiger partial charge in [0.1, 0.15) is 0 Å². The first-order valence-corrected chi connectivity index (χ1v) is 7.34. The van der Waals surface area contributed by atoms with Gasteiger partial charge in [0.15, 0.2) is 0 Å². The fourth-order valence-corrected chi connectivity index (χ4v) is 2.35. The van der Waals surface area contributed by atoms with E-state index in [0.717, 1.165) is 29.3 Å². The Morgan fingerprint density at radius 2 is 1.95 bits per heavy atom. The van der Waals surface area contributed by atoms with Crippen LogP contribution in [0.4, 0.5) is 0 Å². The molecule has 0 radical (unpaired) electrons. The van der Waals surface area contributed by atoms with E-state index < -0.39 is 0 Å². The number of pyridine rings is 1. The van der Waals surface area contributed by atoms with E-state index in [2.05, 4.69) is 23.7 Å². The Kier molecular flexibility index (Phi) is 5.01.